The molecule has 0 aromatic heterocycles. The van der Waals surface area contributed by atoms with Gasteiger partial charge in [-0.3, -0.25) is 4.72 Å². The highest BCUT2D eigenvalue weighted by atomic mass is 32.2. The molecule has 0 amide bonds. The van der Waals surface area contributed by atoms with Crippen molar-refractivity contribution in [2.24, 2.45) is 0 Å². The SMILES string of the molecule is CCc1ccc(NS(=O)(=O)c2cccc(CO)c2C)cc1. The van der Waals surface area contributed by atoms with Crippen LogP contribution in [-0.2, 0) is 23.1 Å². The van der Waals surface area contributed by atoms with Gasteiger partial charge in [-0.15, -0.1) is 0 Å². The Hall–Kier alpha value is -1.85. The van der Waals surface area contributed by atoms with Crippen LogP contribution < -0.4 is 4.72 Å². The number of aliphatic hydroxyl groups excluding tert-OH is 1. The molecule has 2 rings (SSSR count). The molecular weight excluding hydrogens is 286 g/mol. The summed E-state index contributed by atoms with van der Waals surface area (Å²) < 4.78 is 27.5. The quantitative estimate of drug-likeness (QED) is 0.892. The van der Waals surface area contributed by atoms with Gasteiger partial charge < -0.3 is 5.11 Å². The molecule has 0 fully saturated rings. The van der Waals surface area contributed by atoms with Gasteiger partial charge in [0.2, 0.25) is 0 Å². The number of aliphatic hydroxyl groups is 1. The smallest absolute Gasteiger partial charge is 0.262 e. The fourth-order valence-electron chi connectivity index (χ4n) is 2.14. The number of benzene rings is 2. The van der Waals surface area contributed by atoms with Gasteiger partial charge in [-0.25, -0.2) is 8.42 Å². The number of hydrogen-bond acceptors (Lipinski definition) is 3. The normalized spacial score (nSPS) is 11.4. The van der Waals surface area contributed by atoms with Gasteiger partial charge in [0.15, 0.2) is 0 Å². The van der Waals surface area contributed by atoms with Crippen LogP contribution >= 0.6 is 0 Å². The zero-order valence-corrected chi connectivity index (χ0v) is 12.9. The second kappa shape index (κ2) is 6.28. The zero-order chi connectivity index (χ0) is 15.5. The van der Waals surface area contributed by atoms with Gasteiger partial charge in [0.05, 0.1) is 11.5 Å². The molecule has 2 aromatic rings. The minimum atomic E-state index is -3.66. The summed E-state index contributed by atoms with van der Waals surface area (Å²) in [5, 5.41) is 9.24. The molecule has 0 bridgehead atoms. The molecule has 2 N–H and O–H groups in total. The van der Waals surface area contributed by atoms with Crippen molar-refractivity contribution in [3.05, 3.63) is 59.2 Å². The standard InChI is InChI=1S/C16H19NO3S/c1-3-13-7-9-15(10-8-13)17-21(19,20)16-6-4-5-14(11-18)12(16)2/h4-10,17-18H,3,11H2,1-2H3. The first-order valence-electron chi connectivity index (χ1n) is 6.79. The molecule has 21 heavy (non-hydrogen) atoms. The van der Waals surface area contributed by atoms with Gasteiger partial charge in [-0.05, 0) is 48.2 Å². The van der Waals surface area contributed by atoms with Crippen LogP contribution in [0.5, 0.6) is 0 Å². The molecule has 0 saturated heterocycles. The third-order valence-corrected chi connectivity index (χ3v) is 5.00. The summed E-state index contributed by atoms with van der Waals surface area (Å²) in [5.41, 5.74) is 2.86. The minimum absolute atomic E-state index is 0.180. The van der Waals surface area contributed by atoms with Crippen molar-refractivity contribution in [2.75, 3.05) is 4.72 Å². The van der Waals surface area contributed by atoms with E-state index in [0.717, 1.165) is 12.0 Å². The number of rotatable bonds is 5. The van der Waals surface area contributed by atoms with Crippen molar-refractivity contribution < 1.29 is 13.5 Å². The molecule has 0 atom stereocenters. The van der Waals surface area contributed by atoms with Crippen molar-refractivity contribution in [1.29, 1.82) is 0 Å². The molecule has 112 valence electrons. The van der Waals surface area contributed by atoms with Gasteiger partial charge in [0.25, 0.3) is 10.0 Å². The second-order valence-corrected chi connectivity index (χ2v) is 6.51. The predicted molar refractivity (Wildman–Crippen MR) is 83.7 cm³/mol. The first-order valence-corrected chi connectivity index (χ1v) is 8.27. The molecule has 0 aliphatic heterocycles. The zero-order valence-electron chi connectivity index (χ0n) is 12.1. The van der Waals surface area contributed by atoms with Crippen molar-refractivity contribution >= 4 is 15.7 Å². The van der Waals surface area contributed by atoms with E-state index in [2.05, 4.69) is 4.72 Å². The second-order valence-electron chi connectivity index (χ2n) is 4.85. The maximum Gasteiger partial charge on any atom is 0.262 e. The molecule has 5 heteroatoms. The van der Waals surface area contributed by atoms with Gasteiger partial charge >= 0.3 is 0 Å². The molecule has 4 nitrogen and oxygen atoms in total. The molecule has 0 saturated carbocycles. The maximum absolute atomic E-state index is 12.5. The molecule has 0 unspecified atom stereocenters. The van der Waals surface area contributed by atoms with Crippen molar-refractivity contribution in [3.8, 4) is 0 Å². The monoisotopic (exact) mass is 305 g/mol. The van der Waals surface area contributed by atoms with Crippen LogP contribution in [0.4, 0.5) is 5.69 Å². The number of nitrogens with one attached hydrogen (secondary N) is 1. The third-order valence-electron chi connectivity index (χ3n) is 3.47. The van der Waals surface area contributed by atoms with Gasteiger partial charge in [-0.2, -0.15) is 0 Å². The van der Waals surface area contributed by atoms with Crippen LogP contribution in [0.3, 0.4) is 0 Å². The van der Waals surface area contributed by atoms with E-state index in [9.17, 15) is 13.5 Å². The third kappa shape index (κ3) is 3.43. The Bertz CT molecular complexity index is 722. The maximum atomic E-state index is 12.5. The minimum Gasteiger partial charge on any atom is -0.392 e. The first-order chi connectivity index (χ1) is 9.97. The lowest BCUT2D eigenvalue weighted by molar-refractivity contribution is 0.280. The fraction of sp³-hybridized carbons (Fsp3) is 0.250. The van der Waals surface area contributed by atoms with Gasteiger partial charge in [-0.1, -0.05) is 31.2 Å². The number of sulfonamides is 1. The summed E-state index contributed by atoms with van der Waals surface area (Å²) in [6.45, 7) is 3.56. The van der Waals surface area contributed by atoms with E-state index in [0.29, 0.717) is 16.8 Å². The lowest BCUT2D eigenvalue weighted by Gasteiger charge is -2.12. The lowest BCUT2D eigenvalue weighted by atomic mass is 10.1. The molecule has 0 spiro atoms. The Labute approximate surface area is 125 Å². The summed E-state index contributed by atoms with van der Waals surface area (Å²) >= 11 is 0. The molecule has 0 aliphatic rings. The summed E-state index contributed by atoms with van der Waals surface area (Å²) in [4.78, 5) is 0.189. The van der Waals surface area contributed by atoms with Crippen LogP contribution in [0.25, 0.3) is 0 Å². The van der Waals surface area contributed by atoms with E-state index >= 15 is 0 Å². The Morgan fingerprint density at radius 2 is 1.76 bits per heavy atom. The first kappa shape index (κ1) is 15.5. The topological polar surface area (TPSA) is 66.4 Å². The summed E-state index contributed by atoms with van der Waals surface area (Å²) in [6.07, 6.45) is 0.907. The molecule has 0 heterocycles. The van der Waals surface area contributed by atoms with E-state index in [4.69, 9.17) is 0 Å². The highest BCUT2D eigenvalue weighted by Crippen LogP contribution is 2.22. The highest BCUT2D eigenvalue weighted by Gasteiger charge is 2.18. The van der Waals surface area contributed by atoms with Crippen molar-refractivity contribution in [2.45, 2.75) is 31.8 Å². The van der Waals surface area contributed by atoms with E-state index in [-0.39, 0.29) is 11.5 Å². The highest BCUT2D eigenvalue weighted by molar-refractivity contribution is 7.92. The van der Waals surface area contributed by atoms with E-state index < -0.39 is 10.0 Å². The van der Waals surface area contributed by atoms with Crippen LogP contribution in [0.15, 0.2) is 47.4 Å². The van der Waals surface area contributed by atoms with Crippen LogP contribution in [0.1, 0.15) is 23.6 Å². The Morgan fingerprint density at radius 3 is 2.33 bits per heavy atom. The van der Waals surface area contributed by atoms with Crippen LogP contribution in [0, 0.1) is 6.92 Å². The largest absolute Gasteiger partial charge is 0.392 e. The molecule has 0 aliphatic carbocycles. The Morgan fingerprint density at radius 1 is 1.10 bits per heavy atom. The van der Waals surface area contributed by atoms with Crippen LogP contribution in [-0.4, -0.2) is 13.5 Å². The molecule has 0 radical (unpaired) electrons. The summed E-state index contributed by atoms with van der Waals surface area (Å²) in [5.74, 6) is 0. The van der Waals surface area contributed by atoms with Crippen molar-refractivity contribution in [1.82, 2.24) is 0 Å². The number of anilines is 1. The lowest BCUT2D eigenvalue weighted by Crippen LogP contribution is -2.15. The average Bonchev–Trinajstić information content (AvgIpc) is 2.47. The van der Waals surface area contributed by atoms with E-state index in [1.165, 1.54) is 6.07 Å². The van der Waals surface area contributed by atoms with Crippen molar-refractivity contribution in [3.63, 3.8) is 0 Å². The predicted octanol–water partition coefficient (Wildman–Crippen LogP) is 2.85. The number of hydrogen-bond donors (Lipinski definition) is 2. The van der Waals surface area contributed by atoms with Crippen LogP contribution in [0.2, 0.25) is 0 Å². The van der Waals surface area contributed by atoms with E-state index in [1.54, 1.807) is 31.2 Å². The Kier molecular flexibility index (Phi) is 4.65. The average molecular weight is 305 g/mol. The van der Waals surface area contributed by atoms with Gasteiger partial charge in [0.1, 0.15) is 0 Å². The number of aryl methyl sites for hydroxylation is 1. The Balaban J connectivity index is 2.33. The summed E-state index contributed by atoms with van der Waals surface area (Å²) in [6, 6.07) is 12.2. The van der Waals surface area contributed by atoms with Gasteiger partial charge in [0, 0.05) is 5.69 Å². The van der Waals surface area contributed by atoms with E-state index in [1.807, 2.05) is 19.1 Å². The molecule has 2 aromatic carbocycles. The fourth-order valence-corrected chi connectivity index (χ4v) is 3.49. The summed E-state index contributed by atoms with van der Waals surface area (Å²) in [7, 11) is -3.66. The molecular formula is C16H19NO3S.